The number of rotatable bonds is 6. The van der Waals surface area contributed by atoms with Crippen LogP contribution in [0.5, 0.6) is 0 Å². The molecule has 1 heterocycles. The summed E-state index contributed by atoms with van der Waals surface area (Å²) in [6.45, 7) is 4.17. The van der Waals surface area contributed by atoms with Gasteiger partial charge < -0.3 is 4.74 Å². The molecule has 5 nitrogen and oxygen atoms in total. The lowest BCUT2D eigenvalue weighted by molar-refractivity contribution is 0.142. The molecule has 0 saturated heterocycles. The molecule has 1 aromatic rings. The highest BCUT2D eigenvalue weighted by atomic mass is 35.5. The van der Waals surface area contributed by atoms with Crippen LogP contribution in [-0.2, 0) is 14.8 Å². The van der Waals surface area contributed by atoms with Crippen molar-refractivity contribution < 1.29 is 13.2 Å². The highest BCUT2D eigenvalue weighted by molar-refractivity contribution is 7.89. The van der Waals surface area contributed by atoms with E-state index in [4.69, 9.17) is 27.9 Å². The molecular formula is C11H16Cl2N2O3S. The molecule has 0 aliphatic rings. The fourth-order valence-electron chi connectivity index (χ4n) is 1.72. The number of likely N-dealkylation sites (N-methyl/N-ethyl adjacent to an activating group) is 1. The summed E-state index contributed by atoms with van der Waals surface area (Å²) >= 11 is 11.5. The largest absolute Gasteiger partial charge is 0.383 e. The molecule has 0 aliphatic heterocycles. The summed E-state index contributed by atoms with van der Waals surface area (Å²) in [7, 11) is -2.14. The third-order valence-electron chi connectivity index (χ3n) is 2.59. The van der Waals surface area contributed by atoms with Crippen molar-refractivity contribution in [2.45, 2.75) is 24.8 Å². The first kappa shape index (κ1) is 16.7. The topological polar surface area (TPSA) is 59.5 Å². The normalized spacial score (nSPS) is 13.8. The average Bonchev–Trinajstić information content (AvgIpc) is 2.33. The van der Waals surface area contributed by atoms with Gasteiger partial charge in [-0.3, -0.25) is 0 Å². The minimum atomic E-state index is -3.66. The van der Waals surface area contributed by atoms with E-state index in [0.717, 1.165) is 0 Å². The first-order valence-corrected chi connectivity index (χ1v) is 7.86. The average molecular weight is 327 g/mol. The zero-order valence-corrected chi connectivity index (χ0v) is 13.3. The Morgan fingerprint density at radius 1 is 1.47 bits per heavy atom. The smallest absolute Gasteiger partial charge is 0.244 e. The van der Waals surface area contributed by atoms with Gasteiger partial charge >= 0.3 is 0 Å². The molecule has 0 amide bonds. The van der Waals surface area contributed by atoms with Crippen molar-refractivity contribution in [1.29, 1.82) is 0 Å². The summed E-state index contributed by atoms with van der Waals surface area (Å²) < 4.78 is 31.3. The first-order valence-electron chi connectivity index (χ1n) is 5.66. The predicted octanol–water partition coefficient (Wildman–Crippen LogP) is 2.43. The van der Waals surface area contributed by atoms with E-state index in [-0.39, 0.29) is 21.1 Å². The van der Waals surface area contributed by atoms with E-state index in [1.807, 2.05) is 0 Å². The summed E-state index contributed by atoms with van der Waals surface area (Å²) in [6.07, 6.45) is 1.20. The second kappa shape index (κ2) is 6.85. The Morgan fingerprint density at radius 2 is 2.11 bits per heavy atom. The zero-order chi connectivity index (χ0) is 14.6. The summed E-state index contributed by atoms with van der Waals surface area (Å²) in [6, 6.07) is 1.02. The van der Waals surface area contributed by atoms with Crippen LogP contribution in [0, 0.1) is 0 Å². The minimum absolute atomic E-state index is 0.0201. The van der Waals surface area contributed by atoms with Gasteiger partial charge in [-0.2, -0.15) is 4.31 Å². The maximum Gasteiger partial charge on any atom is 0.244 e. The fraction of sp³-hybridized carbons (Fsp3) is 0.545. The van der Waals surface area contributed by atoms with E-state index in [1.54, 1.807) is 13.8 Å². The lowest BCUT2D eigenvalue weighted by atomic mass is 10.4. The van der Waals surface area contributed by atoms with Crippen LogP contribution in [0.2, 0.25) is 10.2 Å². The number of methoxy groups -OCH3 is 1. The molecule has 1 rings (SSSR count). The molecule has 8 heteroatoms. The van der Waals surface area contributed by atoms with Gasteiger partial charge in [0, 0.05) is 25.9 Å². The van der Waals surface area contributed by atoms with Gasteiger partial charge in [0.1, 0.15) is 10.0 Å². The van der Waals surface area contributed by atoms with Crippen molar-refractivity contribution in [3.63, 3.8) is 0 Å². The fourth-order valence-corrected chi connectivity index (χ4v) is 3.66. The van der Waals surface area contributed by atoms with Gasteiger partial charge in [-0.25, -0.2) is 13.4 Å². The molecule has 1 unspecified atom stereocenters. The van der Waals surface area contributed by atoms with Crippen molar-refractivity contribution >= 4 is 33.2 Å². The Bertz CT molecular complexity index is 537. The van der Waals surface area contributed by atoms with Crippen LogP contribution >= 0.6 is 23.2 Å². The van der Waals surface area contributed by atoms with Gasteiger partial charge in [-0.15, -0.1) is 0 Å². The van der Waals surface area contributed by atoms with Crippen molar-refractivity contribution in [1.82, 2.24) is 9.29 Å². The maximum absolute atomic E-state index is 12.5. The molecule has 0 bridgehead atoms. The van der Waals surface area contributed by atoms with Crippen molar-refractivity contribution in [3.05, 3.63) is 22.4 Å². The van der Waals surface area contributed by atoms with Crippen LogP contribution in [0.3, 0.4) is 0 Å². The Kier molecular flexibility index (Phi) is 6.01. The number of halogens is 2. The summed E-state index contributed by atoms with van der Waals surface area (Å²) in [5, 5.41) is 0.187. The molecule has 1 atom stereocenters. The Morgan fingerprint density at radius 3 is 2.58 bits per heavy atom. The SMILES string of the molecule is CCN(C(C)COC)S(=O)(=O)c1cnc(Cl)c(Cl)c1. The molecule has 0 aromatic carbocycles. The minimum Gasteiger partial charge on any atom is -0.383 e. The van der Waals surface area contributed by atoms with Gasteiger partial charge in [0.15, 0.2) is 0 Å². The van der Waals surface area contributed by atoms with Crippen molar-refractivity contribution in [2.24, 2.45) is 0 Å². The number of hydrogen-bond donors (Lipinski definition) is 0. The van der Waals surface area contributed by atoms with Crippen LogP contribution < -0.4 is 0 Å². The Balaban J connectivity index is 3.16. The second-order valence-corrected chi connectivity index (χ2v) is 6.61. The van der Waals surface area contributed by atoms with Crippen LogP contribution in [0.4, 0.5) is 0 Å². The molecule has 1 aromatic heterocycles. The number of hydrogen-bond acceptors (Lipinski definition) is 4. The van der Waals surface area contributed by atoms with E-state index < -0.39 is 10.0 Å². The van der Waals surface area contributed by atoms with E-state index in [1.165, 1.54) is 23.7 Å². The van der Waals surface area contributed by atoms with E-state index in [0.29, 0.717) is 13.2 Å². The molecule has 0 radical (unpaired) electrons. The third kappa shape index (κ3) is 3.79. The van der Waals surface area contributed by atoms with Gasteiger partial charge in [0.25, 0.3) is 0 Å². The molecule has 0 saturated carbocycles. The molecule has 0 spiro atoms. The monoisotopic (exact) mass is 326 g/mol. The number of pyridine rings is 1. The number of aromatic nitrogens is 1. The predicted molar refractivity (Wildman–Crippen MR) is 75.2 cm³/mol. The van der Waals surface area contributed by atoms with Crippen molar-refractivity contribution in [2.75, 3.05) is 20.3 Å². The molecule has 0 N–H and O–H groups in total. The third-order valence-corrected chi connectivity index (χ3v) is 5.33. The van der Waals surface area contributed by atoms with E-state index in [2.05, 4.69) is 4.98 Å². The van der Waals surface area contributed by atoms with Crippen LogP contribution in [0.15, 0.2) is 17.2 Å². The van der Waals surface area contributed by atoms with Crippen LogP contribution in [0.1, 0.15) is 13.8 Å². The standard InChI is InChI=1S/C11H16Cl2N2O3S/c1-4-15(8(2)7-18-3)19(16,17)9-5-10(12)11(13)14-6-9/h5-6,8H,4,7H2,1-3H3. The molecular weight excluding hydrogens is 311 g/mol. The number of ether oxygens (including phenoxy) is 1. The van der Waals surface area contributed by atoms with E-state index in [9.17, 15) is 8.42 Å². The number of sulfonamides is 1. The van der Waals surface area contributed by atoms with Gasteiger partial charge in [0.05, 0.1) is 11.6 Å². The highest BCUT2D eigenvalue weighted by Gasteiger charge is 2.28. The Hall–Kier alpha value is -0.400. The summed E-state index contributed by atoms with van der Waals surface area (Å²) in [5.41, 5.74) is 0. The lowest BCUT2D eigenvalue weighted by Crippen LogP contribution is -2.40. The second-order valence-electron chi connectivity index (χ2n) is 3.96. The Labute approximate surface area is 123 Å². The van der Waals surface area contributed by atoms with E-state index >= 15 is 0 Å². The summed E-state index contributed by atoms with van der Waals surface area (Å²) in [5.74, 6) is 0. The molecule has 0 fully saturated rings. The van der Waals surface area contributed by atoms with Crippen molar-refractivity contribution in [3.8, 4) is 0 Å². The van der Waals surface area contributed by atoms with Crippen LogP contribution in [-0.4, -0.2) is 44.0 Å². The first-order chi connectivity index (χ1) is 8.84. The lowest BCUT2D eigenvalue weighted by Gasteiger charge is -2.26. The maximum atomic E-state index is 12.5. The van der Waals surface area contributed by atoms with Gasteiger partial charge in [0.2, 0.25) is 10.0 Å². The molecule has 0 aliphatic carbocycles. The van der Waals surface area contributed by atoms with Gasteiger partial charge in [-0.05, 0) is 13.0 Å². The number of nitrogens with zero attached hydrogens (tertiary/aromatic N) is 2. The highest BCUT2D eigenvalue weighted by Crippen LogP contribution is 2.25. The van der Waals surface area contributed by atoms with Crippen LogP contribution in [0.25, 0.3) is 0 Å². The molecule has 19 heavy (non-hydrogen) atoms. The quantitative estimate of drug-likeness (QED) is 0.753. The zero-order valence-electron chi connectivity index (χ0n) is 10.9. The van der Waals surface area contributed by atoms with Gasteiger partial charge in [-0.1, -0.05) is 30.1 Å². The molecule has 108 valence electrons. The summed E-state index contributed by atoms with van der Waals surface area (Å²) in [4.78, 5) is 3.78.